The Balaban J connectivity index is 3.48. The molecule has 1 aromatic rings. The number of nitrogens with one attached hydrogen (secondary N) is 1. The fraction of sp³-hybridized carbons (Fsp3) is 0.538. The quantitative estimate of drug-likeness (QED) is 0.813. The summed E-state index contributed by atoms with van der Waals surface area (Å²) in [7, 11) is 0.938. The van der Waals surface area contributed by atoms with Crippen LogP contribution >= 0.6 is 0 Å². The molecule has 0 radical (unpaired) electrons. The van der Waals surface area contributed by atoms with Gasteiger partial charge < -0.3 is 5.32 Å². The van der Waals surface area contributed by atoms with Crippen LogP contribution in [0.2, 0.25) is 0 Å². The van der Waals surface area contributed by atoms with Gasteiger partial charge >= 0.3 is 12.4 Å². The van der Waals surface area contributed by atoms with E-state index in [0.717, 1.165) is 13.1 Å². The zero-order valence-electron chi connectivity index (χ0n) is 11.5. The maximum absolute atomic E-state index is 13.9. The van der Waals surface area contributed by atoms with Gasteiger partial charge in [-0.15, -0.1) is 0 Å². The Morgan fingerprint density at radius 3 is 1.76 bits per heavy atom. The van der Waals surface area contributed by atoms with Crippen molar-refractivity contribution in [2.24, 2.45) is 5.92 Å². The number of hydrogen-bond donors (Lipinski definition) is 1. The van der Waals surface area contributed by atoms with Crippen molar-refractivity contribution >= 4 is 0 Å². The number of rotatable bonds is 3. The highest BCUT2D eigenvalue weighted by Gasteiger charge is 2.60. The average molecular weight is 317 g/mol. The Labute approximate surface area is 117 Å². The van der Waals surface area contributed by atoms with E-state index in [9.17, 15) is 30.7 Å². The molecule has 1 aromatic carbocycles. The highest BCUT2D eigenvalue weighted by molar-refractivity contribution is 5.35. The summed E-state index contributed by atoms with van der Waals surface area (Å²) < 4.78 is 90.7. The van der Waals surface area contributed by atoms with Crippen molar-refractivity contribution in [2.45, 2.75) is 32.2 Å². The molecule has 1 rings (SSSR count). The summed E-state index contributed by atoms with van der Waals surface area (Å²) >= 11 is 0. The molecule has 0 saturated heterocycles. The monoisotopic (exact) mass is 317 g/mol. The van der Waals surface area contributed by atoms with E-state index in [4.69, 9.17) is 0 Å². The third-order valence-electron chi connectivity index (χ3n) is 3.14. The van der Waals surface area contributed by atoms with Crippen LogP contribution in [0.25, 0.3) is 0 Å². The topological polar surface area (TPSA) is 12.0 Å². The molecule has 0 bridgehead atoms. The van der Waals surface area contributed by atoms with Crippen molar-refractivity contribution < 1.29 is 30.7 Å². The first-order valence-electron chi connectivity index (χ1n) is 5.97. The van der Waals surface area contributed by atoms with Crippen molar-refractivity contribution in [3.8, 4) is 0 Å². The number of halogens is 7. The smallest absolute Gasteiger partial charge is 0.312 e. The lowest BCUT2D eigenvalue weighted by Crippen LogP contribution is -2.45. The van der Waals surface area contributed by atoms with Crippen LogP contribution < -0.4 is 5.32 Å². The van der Waals surface area contributed by atoms with E-state index in [2.05, 4.69) is 0 Å². The molecule has 0 spiro atoms. The lowest BCUT2D eigenvalue weighted by molar-refractivity contribution is -0.292. The third kappa shape index (κ3) is 3.87. The minimum atomic E-state index is -5.55. The summed E-state index contributed by atoms with van der Waals surface area (Å²) in [6.45, 7) is 2.78. The summed E-state index contributed by atoms with van der Waals surface area (Å²) in [4.78, 5) is 0. The zero-order chi connectivity index (χ0) is 16.6. The lowest BCUT2D eigenvalue weighted by Gasteiger charge is -2.31. The number of hydrogen-bond acceptors (Lipinski definition) is 1. The van der Waals surface area contributed by atoms with Gasteiger partial charge in [-0.3, -0.25) is 0 Å². The van der Waals surface area contributed by atoms with Crippen molar-refractivity contribution in [3.05, 3.63) is 34.6 Å². The number of alkyl halides is 6. The van der Waals surface area contributed by atoms with E-state index in [0.29, 0.717) is 5.56 Å². The molecule has 0 aromatic heterocycles. The van der Waals surface area contributed by atoms with Crippen LogP contribution in [0.4, 0.5) is 30.7 Å². The Kier molecular flexibility index (Phi) is 4.92. The van der Waals surface area contributed by atoms with Crippen LogP contribution in [0.3, 0.4) is 0 Å². The normalized spacial score (nSPS) is 14.6. The predicted molar refractivity (Wildman–Crippen MR) is 63.3 cm³/mol. The molecule has 120 valence electrons. The van der Waals surface area contributed by atoms with Gasteiger partial charge in [-0.25, -0.2) is 4.39 Å². The summed E-state index contributed by atoms with van der Waals surface area (Å²) in [6, 6.07) is 0.00820. The van der Waals surface area contributed by atoms with E-state index in [1.807, 2.05) is 5.32 Å². The van der Waals surface area contributed by atoms with Crippen LogP contribution in [0, 0.1) is 25.6 Å². The first kappa shape index (κ1) is 17.7. The summed E-state index contributed by atoms with van der Waals surface area (Å²) in [5.41, 5.74) is -0.174. The Bertz CT molecular complexity index is 467. The highest BCUT2D eigenvalue weighted by atomic mass is 19.4. The van der Waals surface area contributed by atoms with E-state index in [1.54, 1.807) is 0 Å². The van der Waals surface area contributed by atoms with Gasteiger partial charge in [-0.2, -0.15) is 26.3 Å². The molecule has 0 saturated carbocycles. The van der Waals surface area contributed by atoms with Gasteiger partial charge in [0.15, 0.2) is 5.92 Å². The standard InChI is InChI=1S/C13H14F7N/c1-6-4-7(2)9(8(14)5-6)10(21-3)11(12(15,16)17)13(18,19)20/h4-5,10-11,21H,1-3H3. The second-order valence-corrected chi connectivity index (χ2v) is 4.80. The van der Waals surface area contributed by atoms with Crippen molar-refractivity contribution in [1.29, 1.82) is 0 Å². The number of benzene rings is 1. The second-order valence-electron chi connectivity index (χ2n) is 4.80. The average Bonchev–Trinajstić information content (AvgIpc) is 2.22. The van der Waals surface area contributed by atoms with Gasteiger partial charge in [0.1, 0.15) is 5.82 Å². The Morgan fingerprint density at radius 1 is 0.952 bits per heavy atom. The van der Waals surface area contributed by atoms with Crippen LogP contribution in [0.5, 0.6) is 0 Å². The molecule has 0 amide bonds. The molecule has 1 N–H and O–H groups in total. The lowest BCUT2D eigenvalue weighted by atomic mass is 9.88. The van der Waals surface area contributed by atoms with Gasteiger partial charge in [0.05, 0.1) is 6.04 Å². The Morgan fingerprint density at radius 2 is 1.43 bits per heavy atom. The first-order chi connectivity index (χ1) is 9.39. The molecular weight excluding hydrogens is 303 g/mol. The summed E-state index contributed by atoms with van der Waals surface area (Å²) in [6.07, 6.45) is -11.1. The fourth-order valence-corrected chi connectivity index (χ4v) is 2.36. The van der Waals surface area contributed by atoms with Gasteiger partial charge in [0.2, 0.25) is 0 Å². The van der Waals surface area contributed by atoms with Crippen LogP contribution in [0.15, 0.2) is 12.1 Å². The molecule has 0 heterocycles. The Hall–Kier alpha value is -1.31. The van der Waals surface area contributed by atoms with Gasteiger partial charge in [0.25, 0.3) is 0 Å². The first-order valence-corrected chi connectivity index (χ1v) is 5.97. The zero-order valence-corrected chi connectivity index (χ0v) is 11.5. The highest BCUT2D eigenvalue weighted by Crippen LogP contribution is 2.47. The fourth-order valence-electron chi connectivity index (χ4n) is 2.36. The molecule has 1 nitrogen and oxygen atoms in total. The second kappa shape index (κ2) is 5.82. The van der Waals surface area contributed by atoms with Gasteiger partial charge in [-0.1, -0.05) is 6.07 Å². The molecule has 0 fully saturated rings. The van der Waals surface area contributed by atoms with Crippen LogP contribution in [-0.4, -0.2) is 19.4 Å². The molecule has 0 aliphatic heterocycles. The summed E-state index contributed by atoms with van der Waals surface area (Å²) in [5.74, 6) is -4.78. The van der Waals surface area contributed by atoms with E-state index in [1.165, 1.54) is 19.9 Å². The molecule has 1 unspecified atom stereocenters. The third-order valence-corrected chi connectivity index (χ3v) is 3.14. The minimum absolute atomic E-state index is 0.0327. The largest absolute Gasteiger partial charge is 0.402 e. The van der Waals surface area contributed by atoms with Crippen molar-refractivity contribution in [3.63, 3.8) is 0 Å². The maximum atomic E-state index is 13.9. The van der Waals surface area contributed by atoms with E-state index >= 15 is 0 Å². The van der Waals surface area contributed by atoms with Crippen molar-refractivity contribution in [2.75, 3.05) is 7.05 Å². The van der Waals surface area contributed by atoms with Gasteiger partial charge in [-0.05, 0) is 38.1 Å². The molecule has 0 aliphatic carbocycles. The van der Waals surface area contributed by atoms with Crippen LogP contribution in [0.1, 0.15) is 22.7 Å². The number of aryl methyl sites for hydroxylation is 2. The molecule has 8 heteroatoms. The predicted octanol–water partition coefficient (Wildman–Crippen LogP) is 4.44. The van der Waals surface area contributed by atoms with Gasteiger partial charge in [0, 0.05) is 5.56 Å². The minimum Gasteiger partial charge on any atom is -0.312 e. The van der Waals surface area contributed by atoms with E-state index in [-0.39, 0.29) is 5.56 Å². The molecule has 0 aliphatic rings. The molecule has 1 atom stereocenters. The maximum Gasteiger partial charge on any atom is 0.402 e. The van der Waals surface area contributed by atoms with E-state index < -0.39 is 35.7 Å². The molecular formula is C13H14F7N. The summed E-state index contributed by atoms with van der Waals surface area (Å²) in [5, 5.41) is 1.95. The van der Waals surface area contributed by atoms with Crippen molar-refractivity contribution in [1.82, 2.24) is 5.32 Å². The van der Waals surface area contributed by atoms with Crippen LogP contribution in [-0.2, 0) is 0 Å². The SMILES string of the molecule is CNC(c1c(C)cc(C)cc1F)C(C(F)(F)F)C(F)(F)F. The molecule has 21 heavy (non-hydrogen) atoms.